The molecule has 1 heterocycles. The number of pyridine rings is 1. The Morgan fingerprint density at radius 3 is 2.90 bits per heavy atom. The SMILES string of the molecule is CCOCCN(C)c1ccc([N+](=O)[O-])c2cccnc12. The minimum Gasteiger partial charge on any atom is -0.380 e. The summed E-state index contributed by atoms with van der Waals surface area (Å²) in [6.07, 6.45) is 1.64. The quantitative estimate of drug-likeness (QED) is 0.460. The summed E-state index contributed by atoms with van der Waals surface area (Å²) in [7, 11) is 1.92. The first-order valence-electron chi connectivity index (χ1n) is 6.46. The Morgan fingerprint density at radius 2 is 2.20 bits per heavy atom. The fraction of sp³-hybridized carbons (Fsp3) is 0.357. The highest BCUT2D eigenvalue weighted by molar-refractivity contribution is 5.96. The standard InChI is InChI=1S/C14H17N3O3/c1-3-20-10-9-16(2)13-7-6-12(17(18)19)11-5-4-8-15-14(11)13/h4-8H,3,9-10H2,1-2H3. The van der Waals surface area contributed by atoms with E-state index in [9.17, 15) is 10.1 Å². The van der Waals surface area contributed by atoms with E-state index in [1.54, 1.807) is 24.4 Å². The lowest BCUT2D eigenvalue weighted by molar-refractivity contribution is -0.383. The maximum absolute atomic E-state index is 11.1. The van der Waals surface area contributed by atoms with E-state index in [0.29, 0.717) is 30.7 Å². The topological polar surface area (TPSA) is 68.5 Å². The Labute approximate surface area is 117 Å². The molecule has 0 N–H and O–H groups in total. The van der Waals surface area contributed by atoms with Gasteiger partial charge in [-0.25, -0.2) is 0 Å². The molecule has 0 atom stereocenters. The first-order valence-corrected chi connectivity index (χ1v) is 6.46. The zero-order valence-corrected chi connectivity index (χ0v) is 11.6. The fourth-order valence-corrected chi connectivity index (χ4v) is 2.08. The van der Waals surface area contributed by atoms with Gasteiger partial charge in [0.25, 0.3) is 5.69 Å². The molecule has 0 saturated carbocycles. The van der Waals surface area contributed by atoms with Crippen LogP contribution in [0.5, 0.6) is 0 Å². The number of ether oxygens (including phenoxy) is 1. The van der Waals surface area contributed by atoms with Crippen LogP contribution in [0.3, 0.4) is 0 Å². The van der Waals surface area contributed by atoms with E-state index in [1.807, 2.05) is 18.9 Å². The summed E-state index contributed by atoms with van der Waals surface area (Å²) >= 11 is 0. The monoisotopic (exact) mass is 275 g/mol. The van der Waals surface area contributed by atoms with Crippen LogP contribution in [0.2, 0.25) is 0 Å². The van der Waals surface area contributed by atoms with Crippen LogP contribution in [0, 0.1) is 10.1 Å². The molecule has 106 valence electrons. The molecule has 0 fully saturated rings. The third-order valence-corrected chi connectivity index (χ3v) is 3.11. The maximum Gasteiger partial charge on any atom is 0.278 e. The molecular weight excluding hydrogens is 258 g/mol. The van der Waals surface area contributed by atoms with Crippen molar-refractivity contribution >= 4 is 22.3 Å². The fourth-order valence-electron chi connectivity index (χ4n) is 2.08. The third kappa shape index (κ3) is 2.85. The Hall–Kier alpha value is -2.21. The summed E-state index contributed by atoms with van der Waals surface area (Å²) in [5.74, 6) is 0. The van der Waals surface area contributed by atoms with Crippen LogP contribution in [0.15, 0.2) is 30.5 Å². The van der Waals surface area contributed by atoms with E-state index in [1.165, 1.54) is 6.07 Å². The first-order chi connectivity index (χ1) is 9.65. The largest absolute Gasteiger partial charge is 0.380 e. The van der Waals surface area contributed by atoms with Crippen LogP contribution >= 0.6 is 0 Å². The van der Waals surface area contributed by atoms with Crippen LogP contribution in [0.1, 0.15) is 6.92 Å². The molecule has 0 amide bonds. The predicted octanol–water partition coefficient (Wildman–Crippen LogP) is 2.62. The van der Waals surface area contributed by atoms with E-state index in [2.05, 4.69) is 4.98 Å². The van der Waals surface area contributed by atoms with Crippen molar-refractivity contribution in [3.05, 3.63) is 40.6 Å². The van der Waals surface area contributed by atoms with Crippen LogP contribution in [0.25, 0.3) is 10.9 Å². The van der Waals surface area contributed by atoms with Gasteiger partial charge in [-0.3, -0.25) is 15.1 Å². The normalized spacial score (nSPS) is 10.7. The molecule has 0 saturated heterocycles. The number of aromatic nitrogens is 1. The number of rotatable bonds is 6. The zero-order valence-electron chi connectivity index (χ0n) is 11.6. The summed E-state index contributed by atoms with van der Waals surface area (Å²) in [4.78, 5) is 17.0. The second-order valence-corrected chi connectivity index (χ2v) is 4.38. The van der Waals surface area contributed by atoms with Gasteiger partial charge in [0, 0.05) is 32.5 Å². The zero-order chi connectivity index (χ0) is 14.5. The number of hydrogen-bond acceptors (Lipinski definition) is 5. The average molecular weight is 275 g/mol. The van der Waals surface area contributed by atoms with Crippen molar-refractivity contribution in [2.75, 3.05) is 31.7 Å². The first kappa shape index (κ1) is 14.2. The summed E-state index contributed by atoms with van der Waals surface area (Å²) in [6.45, 7) is 3.94. The Morgan fingerprint density at radius 1 is 1.40 bits per heavy atom. The Balaban J connectivity index is 2.40. The number of nitrogens with zero attached hydrogens (tertiary/aromatic N) is 3. The maximum atomic E-state index is 11.1. The molecule has 2 aromatic rings. The van der Waals surface area contributed by atoms with Crippen molar-refractivity contribution in [3.63, 3.8) is 0 Å². The molecule has 0 radical (unpaired) electrons. The summed E-state index contributed by atoms with van der Waals surface area (Å²) in [6, 6.07) is 6.69. The van der Waals surface area contributed by atoms with E-state index in [-0.39, 0.29) is 10.6 Å². The lowest BCUT2D eigenvalue weighted by Crippen LogP contribution is -2.23. The Kier molecular flexibility index (Phi) is 4.47. The molecule has 1 aromatic heterocycles. The number of nitro benzene ring substituents is 1. The van der Waals surface area contributed by atoms with E-state index in [4.69, 9.17) is 4.74 Å². The number of anilines is 1. The van der Waals surface area contributed by atoms with Gasteiger partial charge in [0.15, 0.2) is 0 Å². The van der Waals surface area contributed by atoms with Crippen molar-refractivity contribution in [2.24, 2.45) is 0 Å². The highest BCUT2D eigenvalue weighted by atomic mass is 16.6. The molecule has 6 heteroatoms. The van der Waals surface area contributed by atoms with Crippen LogP contribution < -0.4 is 4.90 Å². The second kappa shape index (κ2) is 6.29. The van der Waals surface area contributed by atoms with Crippen molar-refractivity contribution < 1.29 is 9.66 Å². The van der Waals surface area contributed by atoms with Crippen LogP contribution in [0.4, 0.5) is 11.4 Å². The number of hydrogen-bond donors (Lipinski definition) is 0. The molecule has 0 bridgehead atoms. The molecule has 0 spiro atoms. The van der Waals surface area contributed by atoms with Gasteiger partial charge in [-0.2, -0.15) is 0 Å². The van der Waals surface area contributed by atoms with Crippen molar-refractivity contribution in [3.8, 4) is 0 Å². The lowest BCUT2D eigenvalue weighted by atomic mass is 10.1. The minimum absolute atomic E-state index is 0.0788. The summed E-state index contributed by atoms with van der Waals surface area (Å²) < 4.78 is 5.33. The molecule has 0 aliphatic heterocycles. The van der Waals surface area contributed by atoms with Crippen molar-refractivity contribution in [2.45, 2.75) is 6.92 Å². The molecule has 1 aromatic carbocycles. The summed E-state index contributed by atoms with van der Waals surface area (Å²) in [5.41, 5.74) is 1.58. The smallest absolute Gasteiger partial charge is 0.278 e. The second-order valence-electron chi connectivity index (χ2n) is 4.38. The predicted molar refractivity (Wildman–Crippen MR) is 78.2 cm³/mol. The van der Waals surface area contributed by atoms with Gasteiger partial charge in [0.05, 0.1) is 22.6 Å². The number of benzene rings is 1. The minimum atomic E-state index is -0.381. The highest BCUT2D eigenvalue weighted by Crippen LogP contribution is 2.31. The van der Waals surface area contributed by atoms with E-state index in [0.717, 1.165) is 5.69 Å². The molecule has 0 aliphatic carbocycles. The van der Waals surface area contributed by atoms with Gasteiger partial charge in [0.1, 0.15) is 5.52 Å². The van der Waals surface area contributed by atoms with Crippen LogP contribution in [-0.4, -0.2) is 36.7 Å². The molecule has 2 rings (SSSR count). The summed E-state index contributed by atoms with van der Waals surface area (Å²) in [5, 5.41) is 11.6. The molecule has 0 unspecified atom stereocenters. The average Bonchev–Trinajstić information content (AvgIpc) is 2.46. The lowest BCUT2D eigenvalue weighted by Gasteiger charge is -2.20. The van der Waals surface area contributed by atoms with Gasteiger partial charge in [-0.1, -0.05) is 0 Å². The van der Waals surface area contributed by atoms with Crippen molar-refractivity contribution in [1.29, 1.82) is 0 Å². The molecular formula is C14H17N3O3. The van der Waals surface area contributed by atoms with Crippen molar-refractivity contribution in [1.82, 2.24) is 4.98 Å². The number of fused-ring (bicyclic) bond motifs is 1. The molecule has 6 nitrogen and oxygen atoms in total. The highest BCUT2D eigenvalue weighted by Gasteiger charge is 2.16. The number of non-ortho nitro benzene ring substituents is 1. The van der Waals surface area contributed by atoms with Gasteiger partial charge < -0.3 is 9.64 Å². The van der Waals surface area contributed by atoms with E-state index >= 15 is 0 Å². The van der Waals surface area contributed by atoms with Crippen LogP contribution in [-0.2, 0) is 4.74 Å². The van der Waals surface area contributed by atoms with Gasteiger partial charge >= 0.3 is 0 Å². The van der Waals surface area contributed by atoms with E-state index < -0.39 is 0 Å². The Bertz CT molecular complexity index is 616. The number of likely N-dealkylation sites (N-methyl/N-ethyl adjacent to an activating group) is 1. The van der Waals surface area contributed by atoms with Gasteiger partial charge in [-0.15, -0.1) is 0 Å². The third-order valence-electron chi connectivity index (χ3n) is 3.11. The van der Waals surface area contributed by atoms with Gasteiger partial charge in [-0.05, 0) is 25.1 Å². The molecule has 0 aliphatic rings. The number of nitro groups is 1. The van der Waals surface area contributed by atoms with Gasteiger partial charge in [0.2, 0.25) is 0 Å². The molecule has 20 heavy (non-hydrogen) atoms.